The molecule has 0 radical (unpaired) electrons. The van der Waals surface area contributed by atoms with Gasteiger partial charge in [-0.1, -0.05) is 6.07 Å². The van der Waals surface area contributed by atoms with Crippen molar-refractivity contribution < 1.29 is 32.2 Å². The molecule has 0 aromatic heterocycles. The first-order valence-electron chi connectivity index (χ1n) is 9.01. The first kappa shape index (κ1) is 22.5. The van der Waals surface area contributed by atoms with Crippen molar-refractivity contribution in [1.29, 1.82) is 0 Å². The molecule has 0 unspecified atom stereocenters. The van der Waals surface area contributed by atoms with E-state index < -0.39 is 15.8 Å². The number of rotatable bonds is 5. The number of aryl methyl sites for hydroxylation is 1. The monoisotopic (exact) mass is 425 g/mol. The van der Waals surface area contributed by atoms with Crippen LogP contribution in [0.15, 0.2) is 41.3 Å². The Morgan fingerprint density at radius 2 is 2.00 bits per heavy atom. The quantitative estimate of drug-likeness (QED) is 0.740. The number of methoxy groups -OCH3 is 1. The molecule has 2 aromatic carbocycles. The molecule has 29 heavy (non-hydrogen) atoms. The number of benzene rings is 2. The van der Waals surface area contributed by atoms with Gasteiger partial charge >= 0.3 is 0 Å². The lowest BCUT2D eigenvalue weighted by molar-refractivity contribution is -0.128. The number of aromatic hydroxyl groups is 1. The Balaban J connectivity index is 0.000000537. The highest BCUT2D eigenvalue weighted by Crippen LogP contribution is 2.38. The van der Waals surface area contributed by atoms with Crippen molar-refractivity contribution in [3.8, 4) is 11.5 Å². The van der Waals surface area contributed by atoms with Crippen molar-refractivity contribution in [2.24, 2.45) is 0 Å². The topological polar surface area (TPSA) is 93.1 Å². The summed E-state index contributed by atoms with van der Waals surface area (Å²) in [4.78, 5) is 9.13. The summed E-state index contributed by atoms with van der Waals surface area (Å²) < 4.78 is 50.2. The van der Waals surface area contributed by atoms with Gasteiger partial charge in [-0.3, -0.25) is 9.10 Å². The molecule has 0 fully saturated rings. The molecule has 1 heterocycles. The summed E-state index contributed by atoms with van der Waals surface area (Å²) in [5.74, 6) is -0.752. The molecular weight excluding hydrogens is 401 g/mol. The Morgan fingerprint density at radius 3 is 2.59 bits per heavy atom. The smallest absolute Gasteiger partial charge is 0.293 e. The Hall–Kier alpha value is -2.81. The fraction of sp³-hybridized carbons (Fsp3) is 0.350. The molecule has 9 heteroatoms. The lowest BCUT2D eigenvalue weighted by atomic mass is 9.99. The number of halogens is 1. The van der Waals surface area contributed by atoms with Crippen LogP contribution in [0.2, 0.25) is 0 Å². The van der Waals surface area contributed by atoms with E-state index in [9.17, 15) is 22.7 Å². The van der Waals surface area contributed by atoms with Gasteiger partial charge in [0.05, 0.1) is 24.3 Å². The largest absolute Gasteiger partial charge is 0.508 e. The molecule has 3 rings (SSSR count). The highest BCUT2D eigenvalue weighted by atomic mass is 32.2. The second-order valence-corrected chi connectivity index (χ2v) is 8.16. The van der Waals surface area contributed by atoms with E-state index in [2.05, 4.69) is 4.74 Å². The van der Waals surface area contributed by atoms with Gasteiger partial charge in [-0.2, -0.15) is 0 Å². The summed E-state index contributed by atoms with van der Waals surface area (Å²) in [6.07, 6.45) is 1.39. The van der Waals surface area contributed by atoms with E-state index in [1.165, 1.54) is 29.6 Å². The number of ether oxygens (including phenoxy) is 2. The summed E-state index contributed by atoms with van der Waals surface area (Å²) in [5, 5.41) is 9.76. The van der Waals surface area contributed by atoms with Gasteiger partial charge in [0.25, 0.3) is 16.5 Å². The van der Waals surface area contributed by atoms with Crippen LogP contribution in [0.1, 0.15) is 25.8 Å². The minimum absolute atomic E-state index is 0.000244. The molecule has 1 atom stereocenters. The Morgan fingerprint density at radius 1 is 1.28 bits per heavy atom. The zero-order valence-electron chi connectivity index (χ0n) is 16.5. The van der Waals surface area contributed by atoms with Gasteiger partial charge in [0.15, 0.2) is 11.6 Å². The third-order valence-electron chi connectivity index (χ3n) is 4.45. The van der Waals surface area contributed by atoms with Gasteiger partial charge in [0.1, 0.15) is 5.75 Å². The van der Waals surface area contributed by atoms with Crippen LogP contribution in [0.4, 0.5) is 10.1 Å². The molecule has 1 N–H and O–H groups in total. The number of fused-ring (bicyclic) bond motifs is 1. The third-order valence-corrected chi connectivity index (χ3v) is 6.38. The van der Waals surface area contributed by atoms with Crippen molar-refractivity contribution in [2.75, 3.05) is 18.0 Å². The zero-order chi connectivity index (χ0) is 21.6. The van der Waals surface area contributed by atoms with E-state index in [-0.39, 0.29) is 22.4 Å². The second kappa shape index (κ2) is 9.60. The second-order valence-electron chi connectivity index (χ2n) is 6.35. The van der Waals surface area contributed by atoms with E-state index in [1.807, 2.05) is 6.92 Å². The van der Waals surface area contributed by atoms with E-state index in [1.54, 1.807) is 19.1 Å². The van der Waals surface area contributed by atoms with E-state index >= 15 is 0 Å². The minimum Gasteiger partial charge on any atom is -0.508 e. The van der Waals surface area contributed by atoms with Crippen LogP contribution in [-0.4, -0.2) is 39.8 Å². The third kappa shape index (κ3) is 4.97. The predicted molar refractivity (Wildman–Crippen MR) is 106 cm³/mol. The molecular formula is C20H24FNO6S. The normalized spacial score (nSPS) is 15.6. The summed E-state index contributed by atoms with van der Waals surface area (Å²) in [6.45, 7) is 4.48. The number of hydrogen-bond donors (Lipinski definition) is 1. The maximum atomic E-state index is 13.6. The van der Waals surface area contributed by atoms with Crippen molar-refractivity contribution in [3.05, 3.63) is 47.8 Å². The lowest BCUT2D eigenvalue weighted by Crippen LogP contribution is -2.42. The standard InChI is InChI=1S/C17H18FNO4S.C3H6O2/c1-11-3-4-12-5-6-13(20)9-16(12)19(11)24(21,22)14-7-8-15(18)17(10-14)23-2;1-2-5-3-4/h5-11,20H,3-4H2,1-2H3;3H,2H2,1H3/t11-;/m1./s1. The van der Waals surface area contributed by atoms with Gasteiger partial charge in [-0.05, 0) is 50.5 Å². The molecule has 0 aliphatic carbocycles. The number of nitrogens with zero attached hydrogens (tertiary/aromatic N) is 1. The van der Waals surface area contributed by atoms with Crippen LogP contribution in [0.25, 0.3) is 0 Å². The van der Waals surface area contributed by atoms with Crippen LogP contribution in [0.3, 0.4) is 0 Å². The number of phenolic OH excluding ortho intramolecular Hbond substituents is 1. The first-order chi connectivity index (χ1) is 13.8. The fourth-order valence-corrected chi connectivity index (χ4v) is 4.77. The SMILES string of the molecule is CCOC=O.COc1cc(S(=O)(=O)N2c3cc(O)ccc3CC[C@H]2C)ccc1F. The number of anilines is 1. The fourth-order valence-electron chi connectivity index (χ4n) is 3.04. The molecule has 158 valence electrons. The molecule has 0 spiro atoms. The van der Waals surface area contributed by atoms with Gasteiger partial charge in [-0.25, -0.2) is 12.8 Å². The maximum Gasteiger partial charge on any atom is 0.293 e. The van der Waals surface area contributed by atoms with Crippen molar-refractivity contribution in [3.63, 3.8) is 0 Å². The summed E-state index contributed by atoms with van der Waals surface area (Å²) in [5.41, 5.74) is 1.31. The molecule has 1 aliphatic rings. The van der Waals surface area contributed by atoms with E-state index in [4.69, 9.17) is 4.74 Å². The number of hydrogen-bond acceptors (Lipinski definition) is 6. The van der Waals surface area contributed by atoms with Crippen molar-refractivity contribution in [1.82, 2.24) is 0 Å². The lowest BCUT2D eigenvalue weighted by Gasteiger charge is -2.36. The van der Waals surface area contributed by atoms with E-state index in [0.29, 0.717) is 25.2 Å². The molecule has 1 aliphatic heterocycles. The highest BCUT2D eigenvalue weighted by Gasteiger charge is 2.34. The molecule has 0 amide bonds. The Labute approximate surface area is 169 Å². The van der Waals surface area contributed by atoms with Gasteiger partial charge in [-0.15, -0.1) is 0 Å². The first-order valence-corrected chi connectivity index (χ1v) is 10.4. The Bertz CT molecular complexity index is 963. The molecule has 0 saturated carbocycles. The molecule has 0 saturated heterocycles. The predicted octanol–water partition coefficient (Wildman–Crippen LogP) is 3.25. The summed E-state index contributed by atoms with van der Waals surface area (Å²) in [7, 11) is -2.63. The van der Waals surface area contributed by atoms with Crippen LogP contribution >= 0.6 is 0 Å². The zero-order valence-corrected chi connectivity index (χ0v) is 17.3. The Kier molecular flexibility index (Phi) is 7.44. The summed E-state index contributed by atoms with van der Waals surface area (Å²) in [6, 6.07) is 7.91. The summed E-state index contributed by atoms with van der Waals surface area (Å²) >= 11 is 0. The minimum atomic E-state index is -3.92. The van der Waals surface area contributed by atoms with Crippen LogP contribution < -0.4 is 9.04 Å². The average molecular weight is 425 g/mol. The van der Waals surface area contributed by atoms with Crippen LogP contribution in [-0.2, 0) is 26.0 Å². The van der Waals surface area contributed by atoms with Crippen molar-refractivity contribution >= 4 is 22.2 Å². The van der Waals surface area contributed by atoms with Gasteiger partial charge in [0, 0.05) is 18.2 Å². The number of sulfonamides is 1. The highest BCUT2D eigenvalue weighted by molar-refractivity contribution is 7.92. The number of phenols is 1. The van der Waals surface area contributed by atoms with Gasteiger partial charge in [0.2, 0.25) is 0 Å². The van der Waals surface area contributed by atoms with Gasteiger partial charge < -0.3 is 14.6 Å². The molecule has 0 bridgehead atoms. The van der Waals surface area contributed by atoms with Crippen LogP contribution in [0.5, 0.6) is 11.5 Å². The van der Waals surface area contributed by atoms with Crippen LogP contribution in [0, 0.1) is 5.82 Å². The molecule has 2 aromatic rings. The molecule has 7 nitrogen and oxygen atoms in total. The van der Waals surface area contributed by atoms with Crippen molar-refractivity contribution in [2.45, 2.75) is 37.6 Å². The van der Waals surface area contributed by atoms with E-state index in [0.717, 1.165) is 18.1 Å². The number of carbonyl (C=O) groups excluding carboxylic acids is 1. The maximum absolute atomic E-state index is 13.6. The average Bonchev–Trinajstić information content (AvgIpc) is 2.68. The number of carbonyl (C=O) groups is 1.